The van der Waals surface area contributed by atoms with Gasteiger partial charge in [0.15, 0.2) is 5.16 Å². The average Bonchev–Trinajstić information content (AvgIpc) is 2.98. The van der Waals surface area contributed by atoms with E-state index in [1.807, 2.05) is 16.5 Å². The molecule has 0 atom stereocenters. The van der Waals surface area contributed by atoms with Crippen LogP contribution in [0, 0.1) is 0 Å². The van der Waals surface area contributed by atoms with E-state index in [9.17, 15) is 4.79 Å². The van der Waals surface area contributed by atoms with Crippen molar-refractivity contribution >= 4 is 33.5 Å². The standard InChI is InChI=1S/C16H15BrN4OS/c17-11-7-5-10(6-8-11)9-23-16-20-19-15-18-14(22)12-3-1-2-4-13(12)21(15)16/h5-8H,1-4,9H2,(H,18,19,22). The van der Waals surface area contributed by atoms with E-state index in [1.54, 1.807) is 11.8 Å². The molecule has 1 aliphatic carbocycles. The van der Waals surface area contributed by atoms with Crippen molar-refractivity contribution in [1.29, 1.82) is 0 Å². The number of hydrogen-bond donors (Lipinski definition) is 1. The number of fused-ring (bicyclic) bond motifs is 3. The van der Waals surface area contributed by atoms with Crippen molar-refractivity contribution in [3.05, 3.63) is 55.9 Å². The number of aromatic amines is 1. The van der Waals surface area contributed by atoms with Gasteiger partial charge >= 0.3 is 0 Å². The van der Waals surface area contributed by atoms with E-state index in [2.05, 4.69) is 43.2 Å². The number of halogens is 1. The fourth-order valence-electron chi connectivity index (χ4n) is 2.97. The van der Waals surface area contributed by atoms with Crippen LogP contribution in [0.5, 0.6) is 0 Å². The van der Waals surface area contributed by atoms with Crippen LogP contribution in [0.4, 0.5) is 0 Å². The Morgan fingerprint density at radius 2 is 1.96 bits per heavy atom. The molecule has 1 aromatic carbocycles. The molecular weight excluding hydrogens is 376 g/mol. The number of nitrogens with zero attached hydrogens (tertiary/aromatic N) is 3. The van der Waals surface area contributed by atoms with Crippen molar-refractivity contribution in [2.24, 2.45) is 0 Å². The Bertz CT molecular complexity index is 916. The highest BCUT2D eigenvalue weighted by atomic mass is 79.9. The second-order valence-electron chi connectivity index (χ2n) is 5.64. The van der Waals surface area contributed by atoms with E-state index in [4.69, 9.17) is 0 Å². The van der Waals surface area contributed by atoms with Crippen molar-refractivity contribution < 1.29 is 0 Å². The van der Waals surface area contributed by atoms with E-state index in [0.717, 1.165) is 52.3 Å². The molecule has 0 saturated heterocycles. The topological polar surface area (TPSA) is 63.0 Å². The number of H-pyrrole nitrogens is 1. The number of aromatic nitrogens is 4. The smallest absolute Gasteiger partial charge is 0.255 e. The highest BCUT2D eigenvalue weighted by Crippen LogP contribution is 2.26. The molecule has 7 heteroatoms. The van der Waals surface area contributed by atoms with E-state index >= 15 is 0 Å². The quantitative estimate of drug-likeness (QED) is 0.696. The molecule has 1 N–H and O–H groups in total. The first-order chi connectivity index (χ1) is 11.2. The second-order valence-corrected chi connectivity index (χ2v) is 7.50. The molecule has 0 radical (unpaired) electrons. The van der Waals surface area contributed by atoms with Gasteiger partial charge in [0.1, 0.15) is 0 Å². The molecule has 5 nitrogen and oxygen atoms in total. The van der Waals surface area contributed by atoms with Crippen molar-refractivity contribution in [1.82, 2.24) is 19.6 Å². The fourth-order valence-corrected chi connectivity index (χ4v) is 4.15. The number of nitrogens with one attached hydrogen (secondary N) is 1. The maximum absolute atomic E-state index is 12.2. The molecule has 2 aromatic heterocycles. The molecule has 0 unspecified atom stereocenters. The highest BCUT2D eigenvalue weighted by molar-refractivity contribution is 9.10. The van der Waals surface area contributed by atoms with Crippen LogP contribution >= 0.6 is 27.7 Å². The van der Waals surface area contributed by atoms with Crippen molar-refractivity contribution in [2.45, 2.75) is 36.6 Å². The van der Waals surface area contributed by atoms with Gasteiger partial charge in [-0.1, -0.05) is 39.8 Å². The van der Waals surface area contributed by atoms with Crippen LogP contribution in [0.3, 0.4) is 0 Å². The summed E-state index contributed by atoms with van der Waals surface area (Å²) in [5, 5.41) is 9.26. The zero-order valence-electron chi connectivity index (χ0n) is 12.4. The normalized spacial score (nSPS) is 14.1. The Morgan fingerprint density at radius 3 is 2.78 bits per heavy atom. The van der Waals surface area contributed by atoms with Gasteiger partial charge in [-0.05, 0) is 43.4 Å². The minimum atomic E-state index is -0.0101. The molecule has 0 bridgehead atoms. The molecule has 0 amide bonds. The first-order valence-electron chi connectivity index (χ1n) is 7.59. The summed E-state index contributed by atoms with van der Waals surface area (Å²) in [7, 11) is 0. The van der Waals surface area contributed by atoms with Crippen LogP contribution in [0.15, 0.2) is 38.7 Å². The van der Waals surface area contributed by atoms with Gasteiger partial charge in [0.2, 0.25) is 5.78 Å². The summed E-state index contributed by atoms with van der Waals surface area (Å²) in [5.74, 6) is 1.37. The highest BCUT2D eigenvalue weighted by Gasteiger charge is 2.20. The number of aryl methyl sites for hydroxylation is 1. The lowest BCUT2D eigenvalue weighted by Crippen LogP contribution is -2.22. The molecule has 0 saturated carbocycles. The maximum Gasteiger partial charge on any atom is 0.255 e. The minimum absolute atomic E-state index is 0.0101. The molecule has 4 rings (SSSR count). The third kappa shape index (κ3) is 2.83. The summed E-state index contributed by atoms with van der Waals surface area (Å²) in [6.45, 7) is 0. The largest absolute Gasteiger partial charge is 0.290 e. The average molecular weight is 391 g/mol. The zero-order valence-corrected chi connectivity index (χ0v) is 14.8. The van der Waals surface area contributed by atoms with Crippen LogP contribution in [0.2, 0.25) is 0 Å². The van der Waals surface area contributed by atoms with E-state index in [-0.39, 0.29) is 5.56 Å². The van der Waals surface area contributed by atoms with Crippen molar-refractivity contribution in [3.63, 3.8) is 0 Å². The van der Waals surface area contributed by atoms with Gasteiger partial charge in [0.25, 0.3) is 5.56 Å². The number of thioether (sulfide) groups is 1. The monoisotopic (exact) mass is 390 g/mol. The molecule has 118 valence electrons. The lowest BCUT2D eigenvalue weighted by Gasteiger charge is -2.16. The fraction of sp³-hybridized carbons (Fsp3) is 0.312. The van der Waals surface area contributed by atoms with Crippen molar-refractivity contribution in [3.8, 4) is 0 Å². The van der Waals surface area contributed by atoms with Gasteiger partial charge in [-0.3, -0.25) is 14.2 Å². The summed E-state index contributed by atoms with van der Waals surface area (Å²) in [6.07, 6.45) is 3.95. The Hall–Kier alpha value is -1.60. The Labute approximate surface area is 145 Å². The van der Waals surface area contributed by atoms with Gasteiger partial charge < -0.3 is 0 Å². The molecule has 1 aliphatic rings. The van der Waals surface area contributed by atoms with Gasteiger partial charge in [0, 0.05) is 21.5 Å². The van der Waals surface area contributed by atoms with Crippen LogP contribution in [0.1, 0.15) is 29.7 Å². The molecule has 3 aromatic rings. The van der Waals surface area contributed by atoms with Gasteiger partial charge in [-0.2, -0.15) is 0 Å². The number of benzene rings is 1. The summed E-state index contributed by atoms with van der Waals surface area (Å²) in [4.78, 5) is 15.0. The molecular formula is C16H15BrN4OS. The Kier molecular flexibility index (Phi) is 3.98. The van der Waals surface area contributed by atoms with Crippen molar-refractivity contribution in [2.75, 3.05) is 0 Å². The zero-order chi connectivity index (χ0) is 15.8. The third-order valence-corrected chi connectivity index (χ3v) is 5.65. The van der Waals surface area contributed by atoms with Gasteiger partial charge in [-0.15, -0.1) is 10.2 Å². The molecule has 0 fully saturated rings. The van der Waals surface area contributed by atoms with Crippen LogP contribution in [0.25, 0.3) is 5.78 Å². The van der Waals surface area contributed by atoms with E-state index < -0.39 is 0 Å². The number of rotatable bonds is 3. The first-order valence-corrected chi connectivity index (χ1v) is 9.36. The van der Waals surface area contributed by atoms with E-state index in [1.165, 1.54) is 5.56 Å². The van der Waals surface area contributed by atoms with Gasteiger partial charge in [-0.25, -0.2) is 0 Å². The molecule has 23 heavy (non-hydrogen) atoms. The third-order valence-electron chi connectivity index (χ3n) is 4.12. The van der Waals surface area contributed by atoms with Crippen LogP contribution < -0.4 is 5.56 Å². The van der Waals surface area contributed by atoms with Crippen LogP contribution in [-0.4, -0.2) is 19.6 Å². The van der Waals surface area contributed by atoms with E-state index in [0.29, 0.717) is 5.78 Å². The van der Waals surface area contributed by atoms with Crippen LogP contribution in [-0.2, 0) is 18.6 Å². The maximum atomic E-state index is 12.2. The second kappa shape index (κ2) is 6.13. The predicted octanol–water partition coefficient (Wildman–Crippen LogP) is 3.35. The predicted molar refractivity (Wildman–Crippen MR) is 94.0 cm³/mol. The summed E-state index contributed by atoms with van der Waals surface area (Å²) in [6, 6.07) is 8.27. The summed E-state index contributed by atoms with van der Waals surface area (Å²) < 4.78 is 3.10. The molecule has 2 heterocycles. The first kappa shape index (κ1) is 15.0. The minimum Gasteiger partial charge on any atom is -0.290 e. The number of hydrogen-bond acceptors (Lipinski definition) is 4. The van der Waals surface area contributed by atoms with Gasteiger partial charge in [0.05, 0.1) is 0 Å². The Morgan fingerprint density at radius 1 is 1.17 bits per heavy atom. The Balaban J connectivity index is 1.70. The SMILES string of the molecule is O=c1[nH]c2nnc(SCc3ccc(Br)cc3)n2c2c1CCCC2. The lowest BCUT2D eigenvalue weighted by molar-refractivity contribution is 0.639. The molecule has 0 spiro atoms. The summed E-state index contributed by atoms with van der Waals surface area (Å²) >= 11 is 5.09. The lowest BCUT2D eigenvalue weighted by atomic mass is 9.97. The summed E-state index contributed by atoms with van der Waals surface area (Å²) in [5.41, 5.74) is 3.20. The molecule has 0 aliphatic heterocycles.